The third-order valence-electron chi connectivity index (χ3n) is 1.23. The maximum atomic E-state index is 11.1. The Morgan fingerprint density at radius 2 is 2.15 bits per heavy atom. The first kappa shape index (κ1) is 12.0. The zero-order valence-electron chi connectivity index (χ0n) is 8.33. The summed E-state index contributed by atoms with van der Waals surface area (Å²) in [6.45, 7) is 5.38. The summed E-state index contributed by atoms with van der Waals surface area (Å²) >= 11 is 0. The van der Waals surface area contributed by atoms with Crippen molar-refractivity contribution in [1.82, 2.24) is 0 Å². The Labute approximate surface area is 79.1 Å². The van der Waals surface area contributed by atoms with Crippen molar-refractivity contribution in [1.29, 1.82) is 0 Å². The lowest BCUT2D eigenvalue weighted by Gasteiger charge is -2.19. The summed E-state index contributed by atoms with van der Waals surface area (Å²) in [6, 6.07) is 0. The van der Waals surface area contributed by atoms with Gasteiger partial charge in [0.1, 0.15) is 11.7 Å². The van der Waals surface area contributed by atoms with Crippen LogP contribution in [0.25, 0.3) is 0 Å². The topological polar surface area (TPSA) is 46.5 Å². The Kier molecular flexibility index (Phi) is 4.50. The van der Waals surface area contributed by atoms with Crippen molar-refractivity contribution in [3.8, 4) is 12.3 Å². The molecule has 0 amide bonds. The van der Waals surface area contributed by atoms with E-state index in [1.807, 2.05) is 0 Å². The highest BCUT2D eigenvalue weighted by Crippen LogP contribution is 2.09. The van der Waals surface area contributed by atoms with Gasteiger partial charge < -0.3 is 9.84 Å². The zero-order valence-corrected chi connectivity index (χ0v) is 8.33. The Morgan fingerprint density at radius 3 is 2.54 bits per heavy atom. The minimum absolute atomic E-state index is 0.155. The highest BCUT2D eigenvalue weighted by atomic mass is 16.6. The number of hydrogen-bond acceptors (Lipinski definition) is 3. The van der Waals surface area contributed by atoms with Crippen LogP contribution < -0.4 is 0 Å². The molecule has 0 rings (SSSR count). The molecule has 3 nitrogen and oxygen atoms in total. The number of aliphatic hydroxyl groups is 1. The van der Waals surface area contributed by atoms with Gasteiger partial charge in [-0.15, -0.1) is 6.42 Å². The van der Waals surface area contributed by atoms with Crippen LogP contribution >= 0.6 is 0 Å². The van der Waals surface area contributed by atoms with Gasteiger partial charge in [-0.05, 0) is 27.2 Å². The van der Waals surface area contributed by atoms with Gasteiger partial charge in [0.05, 0.1) is 0 Å². The molecule has 0 spiro atoms. The fraction of sp³-hybridized carbons (Fsp3) is 0.700. The van der Waals surface area contributed by atoms with Crippen molar-refractivity contribution >= 4 is 5.97 Å². The molecule has 0 saturated carbocycles. The molecule has 0 aliphatic carbocycles. The van der Waals surface area contributed by atoms with Crippen molar-refractivity contribution in [2.45, 2.75) is 45.3 Å². The lowest BCUT2D eigenvalue weighted by molar-refractivity contribution is -0.155. The van der Waals surface area contributed by atoms with Crippen LogP contribution in [0.2, 0.25) is 0 Å². The quantitative estimate of drug-likeness (QED) is 0.528. The third-order valence-corrected chi connectivity index (χ3v) is 1.23. The summed E-state index contributed by atoms with van der Waals surface area (Å²) < 4.78 is 5.01. The predicted octanol–water partition coefficient (Wildman–Crippen LogP) is 1.10. The van der Waals surface area contributed by atoms with Gasteiger partial charge in [0, 0.05) is 6.42 Å². The number of hydrogen-bond donors (Lipinski definition) is 1. The van der Waals surface area contributed by atoms with Gasteiger partial charge in [-0.25, -0.2) is 0 Å². The Balaban J connectivity index is 3.72. The molecule has 0 fully saturated rings. The smallest absolute Gasteiger partial charge is 0.306 e. The molecular weight excluding hydrogens is 168 g/mol. The van der Waals surface area contributed by atoms with E-state index in [1.165, 1.54) is 0 Å². The summed E-state index contributed by atoms with van der Waals surface area (Å²) in [5.74, 6) is 1.80. The van der Waals surface area contributed by atoms with E-state index in [0.29, 0.717) is 0 Å². The molecule has 0 aromatic rings. The molecule has 0 aromatic heterocycles. The van der Waals surface area contributed by atoms with Crippen molar-refractivity contribution in [2.75, 3.05) is 0 Å². The maximum Gasteiger partial charge on any atom is 0.306 e. The largest absolute Gasteiger partial charge is 0.460 e. The van der Waals surface area contributed by atoms with E-state index in [0.717, 1.165) is 0 Å². The van der Waals surface area contributed by atoms with Gasteiger partial charge in [0.2, 0.25) is 0 Å². The van der Waals surface area contributed by atoms with Crippen molar-refractivity contribution in [3.05, 3.63) is 0 Å². The van der Waals surface area contributed by atoms with Gasteiger partial charge in [0.15, 0.2) is 0 Å². The molecule has 0 radical (unpaired) electrons. The number of ether oxygens (including phenoxy) is 1. The Morgan fingerprint density at radius 1 is 1.62 bits per heavy atom. The summed E-state index contributed by atoms with van der Waals surface area (Å²) in [6.07, 6.45) is 4.49. The predicted molar refractivity (Wildman–Crippen MR) is 49.9 cm³/mol. The van der Waals surface area contributed by atoms with Gasteiger partial charge in [-0.1, -0.05) is 5.92 Å². The average Bonchev–Trinajstić information content (AvgIpc) is 1.97. The van der Waals surface area contributed by atoms with E-state index < -0.39 is 11.7 Å². The fourth-order valence-electron chi connectivity index (χ4n) is 0.730. The number of carbonyl (C=O) groups excluding carboxylic acids is 1. The van der Waals surface area contributed by atoms with Gasteiger partial charge in [-0.2, -0.15) is 0 Å². The van der Waals surface area contributed by atoms with Crippen molar-refractivity contribution < 1.29 is 14.6 Å². The first-order valence-electron chi connectivity index (χ1n) is 4.21. The van der Waals surface area contributed by atoms with Crippen molar-refractivity contribution in [2.24, 2.45) is 0 Å². The van der Waals surface area contributed by atoms with E-state index in [2.05, 4.69) is 5.92 Å². The monoisotopic (exact) mass is 184 g/mol. The molecule has 13 heavy (non-hydrogen) atoms. The van der Waals surface area contributed by atoms with Crippen LogP contribution in [-0.2, 0) is 9.53 Å². The molecule has 1 N–H and O–H groups in total. The van der Waals surface area contributed by atoms with Gasteiger partial charge in [0.25, 0.3) is 0 Å². The maximum absolute atomic E-state index is 11.1. The Hall–Kier alpha value is -1.01. The molecule has 0 bridgehead atoms. The highest BCUT2D eigenvalue weighted by molar-refractivity contribution is 5.69. The lowest BCUT2D eigenvalue weighted by atomic mass is 10.2. The number of rotatable bonds is 3. The number of carbonyl (C=O) groups is 1. The van der Waals surface area contributed by atoms with E-state index >= 15 is 0 Å². The van der Waals surface area contributed by atoms with Crippen LogP contribution in [0.1, 0.15) is 33.6 Å². The van der Waals surface area contributed by atoms with E-state index in [-0.39, 0.29) is 18.8 Å². The minimum Gasteiger partial charge on any atom is -0.460 e. The van der Waals surface area contributed by atoms with Crippen LogP contribution in [0, 0.1) is 12.3 Å². The van der Waals surface area contributed by atoms with E-state index in [1.54, 1.807) is 20.8 Å². The second kappa shape index (κ2) is 4.88. The van der Waals surface area contributed by atoms with Crippen LogP contribution in [0.3, 0.4) is 0 Å². The number of esters is 1. The molecule has 1 atom stereocenters. The van der Waals surface area contributed by atoms with Crippen LogP contribution in [0.5, 0.6) is 0 Å². The number of aliphatic hydroxyl groups excluding tert-OH is 1. The van der Waals surface area contributed by atoms with Crippen LogP contribution in [0.4, 0.5) is 0 Å². The van der Waals surface area contributed by atoms with E-state index in [9.17, 15) is 4.79 Å². The first-order valence-corrected chi connectivity index (χ1v) is 4.21. The number of terminal acetylenes is 1. The van der Waals surface area contributed by atoms with Crippen molar-refractivity contribution in [3.63, 3.8) is 0 Å². The molecule has 0 saturated heterocycles. The fourth-order valence-corrected chi connectivity index (χ4v) is 0.730. The molecule has 74 valence electrons. The minimum atomic E-state index is -0.854. The second-order valence-electron chi connectivity index (χ2n) is 3.81. The van der Waals surface area contributed by atoms with Gasteiger partial charge in [-0.3, -0.25) is 4.79 Å². The Bertz CT molecular complexity index is 207. The highest BCUT2D eigenvalue weighted by Gasteiger charge is 2.16. The van der Waals surface area contributed by atoms with Gasteiger partial charge >= 0.3 is 5.97 Å². The van der Waals surface area contributed by atoms with E-state index in [4.69, 9.17) is 16.3 Å². The first-order chi connectivity index (χ1) is 5.85. The zero-order chi connectivity index (χ0) is 10.5. The standard InChI is InChI=1S/C10H16O3/c1-5-8(11)6-7-9(12)13-10(2,3)4/h1,8,11H,6-7H2,2-4H3. The SMILES string of the molecule is C#CC(O)CCC(=O)OC(C)(C)C. The average molecular weight is 184 g/mol. The molecule has 3 heteroatoms. The molecule has 0 aliphatic heterocycles. The molecule has 0 heterocycles. The molecular formula is C10H16O3. The van der Waals surface area contributed by atoms with Crippen LogP contribution in [-0.4, -0.2) is 22.8 Å². The summed E-state index contributed by atoms with van der Waals surface area (Å²) in [5.41, 5.74) is -0.474. The normalized spacial score (nSPS) is 13.2. The molecule has 0 aromatic carbocycles. The van der Waals surface area contributed by atoms with Crippen LogP contribution in [0.15, 0.2) is 0 Å². The summed E-state index contributed by atoms with van der Waals surface area (Å²) in [5, 5.41) is 8.96. The summed E-state index contributed by atoms with van der Waals surface area (Å²) in [7, 11) is 0. The lowest BCUT2D eigenvalue weighted by Crippen LogP contribution is -2.24. The third kappa shape index (κ3) is 7.35. The molecule has 0 aliphatic rings. The molecule has 1 unspecified atom stereocenters. The second-order valence-corrected chi connectivity index (χ2v) is 3.81. The summed E-state index contributed by atoms with van der Waals surface area (Å²) in [4.78, 5) is 11.1.